The molecule has 26 heavy (non-hydrogen) atoms. The molecule has 2 heteroatoms. The highest BCUT2D eigenvalue weighted by atomic mass is 16.5. The second kappa shape index (κ2) is 29.3. The zero-order valence-electron chi connectivity index (χ0n) is 18.5. The van der Waals surface area contributed by atoms with E-state index in [4.69, 9.17) is 9.47 Å². The van der Waals surface area contributed by atoms with Gasteiger partial charge in [0.1, 0.15) is 0 Å². The van der Waals surface area contributed by atoms with Crippen LogP contribution in [0.15, 0.2) is 12.8 Å². The molecule has 2 nitrogen and oxygen atoms in total. The minimum absolute atomic E-state index is 0.844. The molecule has 0 spiro atoms. The van der Waals surface area contributed by atoms with Gasteiger partial charge in [0, 0.05) is 13.2 Å². The average molecular weight is 371 g/mol. The zero-order chi connectivity index (χ0) is 19.6. The second-order valence-electron chi connectivity index (χ2n) is 7.12. The van der Waals surface area contributed by atoms with Crippen LogP contribution in [0.3, 0.4) is 0 Å². The van der Waals surface area contributed by atoms with Crippen molar-refractivity contribution in [2.75, 3.05) is 19.8 Å². The van der Waals surface area contributed by atoms with E-state index in [2.05, 4.69) is 13.5 Å². The van der Waals surface area contributed by atoms with Gasteiger partial charge in [0.15, 0.2) is 0 Å². The Morgan fingerprint density at radius 1 is 0.538 bits per heavy atom. The Hall–Kier alpha value is -0.500. The van der Waals surface area contributed by atoms with E-state index in [1.54, 1.807) is 6.26 Å². The fourth-order valence-electron chi connectivity index (χ4n) is 3.02. The third-order valence-corrected chi connectivity index (χ3v) is 4.64. The van der Waals surface area contributed by atoms with Gasteiger partial charge in [-0.15, -0.1) is 0 Å². The Kier molecular flexibility index (Phi) is 31.2. The topological polar surface area (TPSA) is 18.5 Å². The summed E-state index contributed by atoms with van der Waals surface area (Å²) in [6.45, 7) is 12.4. The van der Waals surface area contributed by atoms with Crippen molar-refractivity contribution in [1.29, 1.82) is 0 Å². The molecule has 0 unspecified atom stereocenters. The molecule has 0 aliphatic heterocycles. The molecule has 0 aromatic rings. The van der Waals surface area contributed by atoms with Gasteiger partial charge in [-0.25, -0.2) is 0 Å². The Morgan fingerprint density at radius 2 is 0.885 bits per heavy atom. The van der Waals surface area contributed by atoms with Crippen LogP contribution in [0.5, 0.6) is 0 Å². The van der Waals surface area contributed by atoms with Crippen LogP contribution >= 0.6 is 0 Å². The van der Waals surface area contributed by atoms with Crippen LogP contribution in [0.1, 0.15) is 124 Å². The standard InChI is InChI=1S/C20H40O.C4H10O/c1-3-5-6-7-8-9-10-11-12-13-14-15-16-17-18-19-20-21-4-2;1-3-5-4-2/h4H,2-3,5-20H2,1H3;3-4H2,1-2H3. The molecule has 0 aromatic heterocycles. The van der Waals surface area contributed by atoms with Gasteiger partial charge >= 0.3 is 0 Å². The molecule has 0 bridgehead atoms. The first-order chi connectivity index (χ1) is 12.8. The van der Waals surface area contributed by atoms with E-state index in [9.17, 15) is 0 Å². The maximum absolute atomic E-state index is 5.12. The van der Waals surface area contributed by atoms with E-state index in [0.29, 0.717) is 0 Å². The van der Waals surface area contributed by atoms with Crippen LogP contribution < -0.4 is 0 Å². The van der Waals surface area contributed by atoms with Gasteiger partial charge in [-0.05, 0) is 20.3 Å². The monoisotopic (exact) mass is 370 g/mol. The highest BCUT2D eigenvalue weighted by Crippen LogP contribution is 2.13. The molecule has 158 valence electrons. The molecule has 0 saturated heterocycles. The lowest BCUT2D eigenvalue weighted by atomic mass is 10.0. The molecule has 0 fully saturated rings. The minimum Gasteiger partial charge on any atom is -0.502 e. The largest absolute Gasteiger partial charge is 0.502 e. The summed E-state index contributed by atoms with van der Waals surface area (Å²) in [5, 5.41) is 0. The van der Waals surface area contributed by atoms with Crippen molar-refractivity contribution < 1.29 is 9.47 Å². The van der Waals surface area contributed by atoms with Crippen molar-refractivity contribution in [2.24, 2.45) is 0 Å². The summed E-state index contributed by atoms with van der Waals surface area (Å²) in [4.78, 5) is 0. The third-order valence-electron chi connectivity index (χ3n) is 4.64. The molecule has 0 radical (unpaired) electrons. The van der Waals surface area contributed by atoms with Gasteiger partial charge < -0.3 is 9.47 Å². The van der Waals surface area contributed by atoms with E-state index < -0.39 is 0 Å². The maximum Gasteiger partial charge on any atom is 0.0873 e. The first-order valence-corrected chi connectivity index (χ1v) is 11.6. The van der Waals surface area contributed by atoms with Gasteiger partial charge in [0.25, 0.3) is 0 Å². The second-order valence-corrected chi connectivity index (χ2v) is 7.12. The maximum atomic E-state index is 5.12. The Morgan fingerprint density at radius 3 is 1.15 bits per heavy atom. The summed E-state index contributed by atoms with van der Waals surface area (Å²) in [6, 6.07) is 0. The number of hydrogen-bond donors (Lipinski definition) is 0. The fourth-order valence-corrected chi connectivity index (χ4v) is 3.02. The Balaban J connectivity index is 0. The lowest BCUT2D eigenvalue weighted by Gasteiger charge is -2.03. The molecule has 0 aromatic carbocycles. The molecule has 0 atom stereocenters. The van der Waals surface area contributed by atoms with E-state index in [0.717, 1.165) is 19.8 Å². The van der Waals surface area contributed by atoms with Crippen molar-refractivity contribution in [3.05, 3.63) is 12.8 Å². The van der Waals surface area contributed by atoms with E-state index in [-0.39, 0.29) is 0 Å². The number of hydrogen-bond acceptors (Lipinski definition) is 2. The predicted molar refractivity (Wildman–Crippen MR) is 118 cm³/mol. The molecule has 0 saturated carbocycles. The smallest absolute Gasteiger partial charge is 0.0873 e. The molecular weight excluding hydrogens is 320 g/mol. The summed E-state index contributed by atoms with van der Waals surface area (Å²) in [7, 11) is 0. The van der Waals surface area contributed by atoms with Gasteiger partial charge in [0.05, 0.1) is 12.9 Å². The van der Waals surface area contributed by atoms with Gasteiger partial charge in [-0.3, -0.25) is 0 Å². The van der Waals surface area contributed by atoms with Crippen LogP contribution in [0.4, 0.5) is 0 Å². The zero-order valence-corrected chi connectivity index (χ0v) is 18.5. The van der Waals surface area contributed by atoms with Crippen molar-refractivity contribution in [1.82, 2.24) is 0 Å². The molecule has 0 aliphatic carbocycles. The highest BCUT2D eigenvalue weighted by Gasteiger charge is 1.94. The molecular formula is C24H50O2. The summed E-state index contributed by atoms with van der Waals surface area (Å²) in [5.74, 6) is 0. The predicted octanol–water partition coefficient (Wildman–Crippen LogP) is 8.45. The first kappa shape index (κ1) is 27.7. The van der Waals surface area contributed by atoms with Crippen LogP contribution in [-0.2, 0) is 9.47 Å². The molecule has 0 aliphatic rings. The van der Waals surface area contributed by atoms with Gasteiger partial charge in [-0.1, -0.05) is 110 Å². The minimum atomic E-state index is 0.844. The number of unbranched alkanes of at least 4 members (excludes halogenated alkanes) is 15. The summed E-state index contributed by atoms with van der Waals surface area (Å²) in [6.07, 6.45) is 24.2. The highest BCUT2D eigenvalue weighted by molar-refractivity contribution is 4.51. The van der Waals surface area contributed by atoms with E-state index in [1.807, 2.05) is 13.8 Å². The van der Waals surface area contributed by atoms with E-state index in [1.165, 1.54) is 103 Å². The first-order valence-electron chi connectivity index (χ1n) is 11.6. The Labute approximate surface area is 166 Å². The van der Waals surface area contributed by atoms with Crippen molar-refractivity contribution in [3.8, 4) is 0 Å². The van der Waals surface area contributed by atoms with Crippen LogP contribution in [0.2, 0.25) is 0 Å². The Bertz CT molecular complexity index is 226. The lowest BCUT2D eigenvalue weighted by molar-refractivity contribution is 0.162. The number of rotatable bonds is 20. The average Bonchev–Trinajstić information content (AvgIpc) is 2.65. The SMILES string of the molecule is C=COCCCCCCCCCCCCCCCCCC.CCOCC. The van der Waals surface area contributed by atoms with Crippen LogP contribution in [0, 0.1) is 0 Å². The third kappa shape index (κ3) is 31.3. The molecule has 0 heterocycles. The van der Waals surface area contributed by atoms with Crippen molar-refractivity contribution >= 4 is 0 Å². The lowest BCUT2D eigenvalue weighted by Crippen LogP contribution is -1.87. The molecule has 0 rings (SSSR count). The molecule has 0 N–H and O–H groups in total. The van der Waals surface area contributed by atoms with Gasteiger partial charge in [0.2, 0.25) is 0 Å². The van der Waals surface area contributed by atoms with Crippen molar-refractivity contribution in [3.63, 3.8) is 0 Å². The number of ether oxygens (including phenoxy) is 2. The normalized spacial score (nSPS) is 10.3. The van der Waals surface area contributed by atoms with Gasteiger partial charge in [-0.2, -0.15) is 0 Å². The summed E-state index contributed by atoms with van der Waals surface area (Å²) in [5.41, 5.74) is 0. The van der Waals surface area contributed by atoms with Crippen LogP contribution in [0.25, 0.3) is 0 Å². The van der Waals surface area contributed by atoms with E-state index >= 15 is 0 Å². The summed E-state index contributed by atoms with van der Waals surface area (Å²) < 4.78 is 9.95. The van der Waals surface area contributed by atoms with Crippen LogP contribution in [-0.4, -0.2) is 19.8 Å². The van der Waals surface area contributed by atoms with Crippen molar-refractivity contribution in [2.45, 2.75) is 124 Å². The quantitative estimate of drug-likeness (QED) is 0.158. The summed E-state index contributed by atoms with van der Waals surface area (Å²) >= 11 is 0. The molecule has 0 amide bonds. The fraction of sp³-hybridized carbons (Fsp3) is 0.917.